The van der Waals surface area contributed by atoms with Crippen LogP contribution in [0.5, 0.6) is 0 Å². The summed E-state index contributed by atoms with van der Waals surface area (Å²) < 4.78 is 3.94. The fraction of sp³-hybridized carbons (Fsp3) is 0.421. The predicted octanol–water partition coefficient (Wildman–Crippen LogP) is 0.965. The summed E-state index contributed by atoms with van der Waals surface area (Å²) in [5.41, 5.74) is 1.17. The van der Waals surface area contributed by atoms with E-state index >= 15 is 0 Å². The maximum absolute atomic E-state index is 4.77. The lowest BCUT2D eigenvalue weighted by Crippen LogP contribution is -2.47. The van der Waals surface area contributed by atoms with Crippen molar-refractivity contribution in [3.8, 4) is 0 Å². The van der Waals surface area contributed by atoms with E-state index in [4.69, 9.17) is 4.99 Å². The van der Waals surface area contributed by atoms with Crippen LogP contribution < -0.4 is 10.6 Å². The highest BCUT2D eigenvalue weighted by molar-refractivity contribution is 5.80. The van der Waals surface area contributed by atoms with Gasteiger partial charge in [-0.05, 0) is 18.9 Å². The number of aliphatic imine (C=N–C) groups is 1. The molecule has 0 amide bonds. The molecule has 9 nitrogen and oxygen atoms in total. The average molecular weight is 379 g/mol. The molecule has 4 rings (SSSR count). The Labute approximate surface area is 163 Å². The number of nitrogens with one attached hydrogen (secondary N) is 2. The van der Waals surface area contributed by atoms with Crippen molar-refractivity contribution in [1.82, 2.24) is 40.2 Å². The summed E-state index contributed by atoms with van der Waals surface area (Å²) in [5, 5.41) is 19.6. The lowest BCUT2D eigenvalue weighted by Gasteiger charge is -2.25. The van der Waals surface area contributed by atoms with E-state index < -0.39 is 0 Å². The van der Waals surface area contributed by atoms with Crippen LogP contribution in [0.3, 0.4) is 0 Å². The lowest BCUT2D eigenvalue weighted by molar-refractivity contribution is 0.392. The Kier molecular flexibility index (Phi) is 5.31. The fourth-order valence-electron chi connectivity index (χ4n) is 3.22. The van der Waals surface area contributed by atoms with Crippen molar-refractivity contribution in [3.05, 3.63) is 59.7 Å². The molecular formula is C19H25N9. The van der Waals surface area contributed by atoms with Gasteiger partial charge < -0.3 is 15.2 Å². The van der Waals surface area contributed by atoms with Gasteiger partial charge in [-0.3, -0.25) is 0 Å². The summed E-state index contributed by atoms with van der Waals surface area (Å²) in [6.45, 7) is 3.88. The van der Waals surface area contributed by atoms with Crippen molar-refractivity contribution >= 4 is 5.96 Å². The molecule has 0 radical (unpaired) electrons. The number of aryl methyl sites for hydroxylation is 2. The highest BCUT2D eigenvalue weighted by Gasteiger charge is 2.20. The average Bonchev–Trinajstić information content (AvgIpc) is 3.31. The largest absolute Gasteiger partial charge is 0.352 e. The molecule has 2 N–H and O–H groups in total. The number of hydrogen-bond acceptors (Lipinski definition) is 5. The number of guanidine groups is 1. The SMILES string of the molecule is Cc1nnc(CNC(=NCc2ccccc2)NC2CCc3ncnn3C2)n1C. The van der Waals surface area contributed by atoms with Crippen LogP contribution in [0.2, 0.25) is 0 Å². The van der Waals surface area contributed by atoms with Gasteiger partial charge in [-0.2, -0.15) is 5.10 Å². The van der Waals surface area contributed by atoms with Crippen LogP contribution in [-0.2, 0) is 33.1 Å². The number of nitrogens with zero attached hydrogens (tertiary/aromatic N) is 7. The van der Waals surface area contributed by atoms with Crippen molar-refractivity contribution in [3.63, 3.8) is 0 Å². The third-order valence-corrected chi connectivity index (χ3v) is 5.01. The Morgan fingerprint density at radius 2 is 2.11 bits per heavy atom. The smallest absolute Gasteiger partial charge is 0.192 e. The Bertz CT molecular complexity index is 941. The van der Waals surface area contributed by atoms with E-state index in [9.17, 15) is 0 Å². The standard InChI is InChI=1S/C19H25N9/c1-14-25-26-18(27(14)2)11-21-19(20-10-15-6-4-3-5-7-15)24-16-8-9-17-22-13-23-28(17)12-16/h3-7,13,16H,8-12H2,1-2H3,(H2,20,21,24). The second kappa shape index (κ2) is 8.20. The molecule has 28 heavy (non-hydrogen) atoms. The Hall–Kier alpha value is -3.23. The van der Waals surface area contributed by atoms with Crippen LogP contribution in [0.25, 0.3) is 0 Å². The zero-order valence-electron chi connectivity index (χ0n) is 16.2. The minimum atomic E-state index is 0.248. The molecule has 0 saturated heterocycles. The molecule has 146 valence electrons. The number of hydrogen-bond donors (Lipinski definition) is 2. The second-order valence-electron chi connectivity index (χ2n) is 6.96. The Morgan fingerprint density at radius 3 is 2.89 bits per heavy atom. The van der Waals surface area contributed by atoms with E-state index in [0.29, 0.717) is 13.1 Å². The number of rotatable bonds is 5. The number of fused-ring (bicyclic) bond motifs is 1. The monoisotopic (exact) mass is 379 g/mol. The predicted molar refractivity (Wildman–Crippen MR) is 105 cm³/mol. The summed E-state index contributed by atoms with van der Waals surface area (Å²) in [6, 6.07) is 10.5. The van der Waals surface area contributed by atoms with Crippen molar-refractivity contribution in [1.29, 1.82) is 0 Å². The maximum Gasteiger partial charge on any atom is 0.192 e. The normalized spacial score (nSPS) is 16.6. The van der Waals surface area contributed by atoms with E-state index in [0.717, 1.165) is 42.8 Å². The molecule has 0 bridgehead atoms. The summed E-state index contributed by atoms with van der Waals surface area (Å²) in [5.74, 6) is 3.56. The van der Waals surface area contributed by atoms with E-state index in [1.54, 1.807) is 6.33 Å². The van der Waals surface area contributed by atoms with Crippen LogP contribution in [0.4, 0.5) is 0 Å². The molecule has 0 fully saturated rings. The van der Waals surface area contributed by atoms with Crippen molar-refractivity contribution in [2.24, 2.45) is 12.0 Å². The molecule has 1 aromatic carbocycles. The van der Waals surface area contributed by atoms with Crippen molar-refractivity contribution < 1.29 is 0 Å². The Balaban J connectivity index is 1.45. The van der Waals surface area contributed by atoms with E-state index in [1.807, 2.05) is 41.4 Å². The zero-order chi connectivity index (χ0) is 19.3. The molecule has 9 heteroatoms. The van der Waals surface area contributed by atoms with Crippen LogP contribution in [-0.4, -0.2) is 41.5 Å². The topological polar surface area (TPSA) is 97.8 Å². The molecule has 1 aliphatic heterocycles. The van der Waals surface area contributed by atoms with Crippen molar-refractivity contribution in [2.75, 3.05) is 0 Å². The first-order valence-corrected chi connectivity index (χ1v) is 9.49. The molecule has 1 unspecified atom stereocenters. The van der Waals surface area contributed by atoms with E-state index in [1.165, 1.54) is 5.56 Å². The van der Waals surface area contributed by atoms with Crippen LogP contribution >= 0.6 is 0 Å². The molecule has 0 saturated carbocycles. The van der Waals surface area contributed by atoms with Gasteiger partial charge in [0.1, 0.15) is 18.0 Å². The van der Waals surface area contributed by atoms with Crippen LogP contribution in [0.1, 0.15) is 29.5 Å². The van der Waals surface area contributed by atoms with Gasteiger partial charge in [0.15, 0.2) is 11.8 Å². The first-order chi connectivity index (χ1) is 13.7. The third kappa shape index (κ3) is 4.19. The molecule has 1 aliphatic rings. The third-order valence-electron chi connectivity index (χ3n) is 5.01. The molecule has 0 spiro atoms. The molecule has 3 aromatic rings. The van der Waals surface area contributed by atoms with Gasteiger partial charge in [0.25, 0.3) is 0 Å². The molecule has 1 atom stereocenters. The summed E-state index contributed by atoms with van der Waals surface area (Å²) in [4.78, 5) is 9.07. The Morgan fingerprint density at radius 1 is 1.25 bits per heavy atom. The highest BCUT2D eigenvalue weighted by atomic mass is 15.4. The van der Waals surface area contributed by atoms with E-state index in [-0.39, 0.29) is 6.04 Å². The van der Waals surface area contributed by atoms with Gasteiger partial charge in [0.2, 0.25) is 0 Å². The minimum Gasteiger partial charge on any atom is -0.352 e. The molecule has 3 heterocycles. The number of benzene rings is 1. The number of aromatic nitrogens is 6. The van der Waals surface area contributed by atoms with Gasteiger partial charge in [0.05, 0.1) is 19.6 Å². The summed E-state index contributed by atoms with van der Waals surface area (Å²) >= 11 is 0. The van der Waals surface area contributed by atoms with Gasteiger partial charge in [0, 0.05) is 19.5 Å². The minimum absolute atomic E-state index is 0.248. The zero-order valence-corrected chi connectivity index (χ0v) is 16.2. The quantitative estimate of drug-likeness (QED) is 0.506. The van der Waals surface area contributed by atoms with Gasteiger partial charge in [-0.15, -0.1) is 10.2 Å². The van der Waals surface area contributed by atoms with Crippen LogP contribution in [0.15, 0.2) is 41.7 Å². The first-order valence-electron chi connectivity index (χ1n) is 9.49. The second-order valence-corrected chi connectivity index (χ2v) is 6.96. The van der Waals surface area contributed by atoms with Crippen LogP contribution in [0, 0.1) is 6.92 Å². The van der Waals surface area contributed by atoms with Gasteiger partial charge >= 0.3 is 0 Å². The summed E-state index contributed by atoms with van der Waals surface area (Å²) in [6.07, 6.45) is 3.52. The fourth-order valence-corrected chi connectivity index (χ4v) is 3.22. The van der Waals surface area contributed by atoms with Crippen molar-refractivity contribution in [2.45, 2.75) is 45.4 Å². The van der Waals surface area contributed by atoms with Gasteiger partial charge in [-0.1, -0.05) is 30.3 Å². The van der Waals surface area contributed by atoms with E-state index in [2.05, 4.69) is 43.0 Å². The first kappa shape index (κ1) is 18.1. The molecular weight excluding hydrogens is 354 g/mol. The maximum atomic E-state index is 4.77. The summed E-state index contributed by atoms with van der Waals surface area (Å²) in [7, 11) is 1.97. The van der Waals surface area contributed by atoms with Gasteiger partial charge in [-0.25, -0.2) is 14.7 Å². The lowest BCUT2D eigenvalue weighted by atomic mass is 10.1. The highest BCUT2D eigenvalue weighted by Crippen LogP contribution is 2.11. The molecule has 2 aromatic heterocycles. The molecule has 0 aliphatic carbocycles.